The number of anilines is 1. The number of pyridine rings is 1. The Bertz CT molecular complexity index is 864. The van der Waals surface area contributed by atoms with Gasteiger partial charge in [-0.05, 0) is 30.3 Å². The molecule has 23 heavy (non-hydrogen) atoms. The summed E-state index contributed by atoms with van der Waals surface area (Å²) < 4.78 is 10.7. The summed E-state index contributed by atoms with van der Waals surface area (Å²) in [6.45, 7) is 0.237. The van der Waals surface area contributed by atoms with Crippen molar-refractivity contribution in [2.75, 3.05) is 12.1 Å². The van der Waals surface area contributed by atoms with Crippen molar-refractivity contribution >= 4 is 22.4 Å². The third kappa shape index (κ3) is 2.74. The average Bonchev–Trinajstić information content (AvgIpc) is 3.23. The highest BCUT2D eigenvalue weighted by Crippen LogP contribution is 2.36. The van der Waals surface area contributed by atoms with Crippen molar-refractivity contribution in [2.24, 2.45) is 0 Å². The molecule has 1 aromatic carbocycles. The van der Waals surface area contributed by atoms with E-state index < -0.39 is 0 Å². The third-order valence-corrected chi connectivity index (χ3v) is 4.05. The van der Waals surface area contributed by atoms with Crippen molar-refractivity contribution in [1.82, 2.24) is 9.97 Å². The number of nitrogens with one attached hydrogen (secondary N) is 1. The monoisotopic (exact) mass is 325 g/mol. The molecule has 1 N–H and O–H groups in total. The number of rotatable bonds is 3. The zero-order chi connectivity index (χ0) is 15.6. The van der Waals surface area contributed by atoms with Crippen molar-refractivity contribution in [3.8, 4) is 22.8 Å². The molecule has 114 valence electrons. The van der Waals surface area contributed by atoms with Crippen LogP contribution in [0.1, 0.15) is 10.5 Å². The predicted molar refractivity (Wildman–Crippen MR) is 85.9 cm³/mol. The van der Waals surface area contributed by atoms with Crippen LogP contribution < -0.4 is 14.8 Å². The fourth-order valence-corrected chi connectivity index (χ4v) is 2.89. The summed E-state index contributed by atoms with van der Waals surface area (Å²) in [4.78, 5) is 20.5. The lowest BCUT2D eigenvalue weighted by atomic mass is 10.1. The van der Waals surface area contributed by atoms with E-state index in [-0.39, 0.29) is 12.7 Å². The highest BCUT2D eigenvalue weighted by atomic mass is 32.1. The van der Waals surface area contributed by atoms with E-state index in [0.717, 1.165) is 17.0 Å². The number of ether oxygens (including phenoxy) is 2. The Balaban J connectivity index is 1.54. The lowest BCUT2D eigenvalue weighted by Crippen LogP contribution is -2.13. The topological polar surface area (TPSA) is 73.3 Å². The first-order valence-electron chi connectivity index (χ1n) is 6.87. The molecule has 2 aromatic heterocycles. The normalized spacial score (nSPS) is 12.2. The van der Waals surface area contributed by atoms with Crippen molar-refractivity contribution in [3.63, 3.8) is 0 Å². The Hall–Kier alpha value is -2.93. The summed E-state index contributed by atoms with van der Waals surface area (Å²) in [5.74, 6) is 1.15. The first-order chi connectivity index (χ1) is 11.3. The second-order valence-electron chi connectivity index (χ2n) is 4.78. The summed E-state index contributed by atoms with van der Waals surface area (Å²) in [5.41, 5.74) is 2.03. The van der Waals surface area contributed by atoms with Crippen LogP contribution in [0.2, 0.25) is 0 Å². The molecule has 0 saturated heterocycles. The predicted octanol–water partition coefficient (Wildman–Crippen LogP) is 3.19. The van der Waals surface area contributed by atoms with Gasteiger partial charge in [0.1, 0.15) is 5.69 Å². The molecule has 0 unspecified atom stereocenters. The minimum atomic E-state index is -0.280. The average molecular weight is 325 g/mol. The van der Waals surface area contributed by atoms with Crippen molar-refractivity contribution < 1.29 is 14.3 Å². The van der Waals surface area contributed by atoms with Crippen LogP contribution >= 0.6 is 11.3 Å². The van der Waals surface area contributed by atoms with Gasteiger partial charge in [0.25, 0.3) is 5.91 Å². The maximum atomic E-state index is 12.1. The zero-order valence-corrected chi connectivity index (χ0v) is 12.7. The number of thiazole rings is 1. The van der Waals surface area contributed by atoms with E-state index in [9.17, 15) is 4.79 Å². The molecule has 0 saturated carbocycles. The Morgan fingerprint density at radius 2 is 2.09 bits per heavy atom. The molecule has 0 atom stereocenters. The SMILES string of the molecule is O=C(Nc1nc(-c2ccc3c(c2)OCO3)cs1)c1ccccn1. The fraction of sp³-hybridized carbons (Fsp3) is 0.0625. The second-order valence-corrected chi connectivity index (χ2v) is 5.63. The van der Waals surface area contributed by atoms with E-state index in [4.69, 9.17) is 9.47 Å². The summed E-state index contributed by atoms with van der Waals surface area (Å²) in [5, 5.41) is 5.15. The van der Waals surface area contributed by atoms with E-state index in [0.29, 0.717) is 16.6 Å². The number of hydrogen-bond acceptors (Lipinski definition) is 6. The van der Waals surface area contributed by atoms with Gasteiger partial charge in [-0.1, -0.05) is 6.07 Å². The quantitative estimate of drug-likeness (QED) is 0.800. The fourth-order valence-electron chi connectivity index (χ4n) is 2.18. The van der Waals surface area contributed by atoms with E-state index in [1.165, 1.54) is 11.3 Å². The van der Waals surface area contributed by atoms with Crippen molar-refractivity contribution in [1.29, 1.82) is 0 Å². The zero-order valence-electron chi connectivity index (χ0n) is 11.9. The molecule has 3 heterocycles. The van der Waals surface area contributed by atoms with Gasteiger partial charge in [-0.25, -0.2) is 4.98 Å². The van der Waals surface area contributed by atoms with E-state index in [2.05, 4.69) is 15.3 Å². The molecule has 0 aliphatic carbocycles. The summed E-state index contributed by atoms with van der Waals surface area (Å²) in [6, 6.07) is 10.8. The van der Waals surface area contributed by atoms with Crippen molar-refractivity contribution in [2.45, 2.75) is 0 Å². The minimum Gasteiger partial charge on any atom is -0.454 e. The largest absolute Gasteiger partial charge is 0.454 e. The minimum absolute atomic E-state index is 0.237. The van der Waals surface area contributed by atoms with Gasteiger partial charge in [-0.2, -0.15) is 0 Å². The van der Waals surface area contributed by atoms with Gasteiger partial charge in [0.15, 0.2) is 16.6 Å². The van der Waals surface area contributed by atoms with Gasteiger partial charge in [0.05, 0.1) is 5.69 Å². The molecule has 0 spiro atoms. The molecule has 0 bridgehead atoms. The van der Waals surface area contributed by atoms with Crippen molar-refractivity contribution in [3.05, 3.63) is 53.7 Å². The number of aromatic nitrogens is 2. The Morgan fingerprint density at radius 3 is 2.96 bits per heavy atom. The molecule has 6 nitrogen and oxygen atoms in total. The number of carbonyl (C=O) groups is 1. The van der Waals surface area contributed by atoms with Crippen LogP contribution in [0.25, 0.3) is 11.3 Å². The molecule has 0 fully saturated rings. The van der Waals surface area contributed by atoms with Gasteiger partial charge in [0, 0.05) is 17.1 Å². The third-order valence-electron chi connectivity index (χ3n) is 3.29. The van der Waals surface area contributed by atoms with Gasteiger partial charge in [-0.15, -0.1) is 11.3 Å². The molecule has 3 aromatic rings. The Kier molecular flexibility index (Phi) is 3.39. The summed E-state index contributed by atoms with van der Waals surface area (Å²) in [7, 11) is 0. The van der Waals surface area contributed by atoms with Crippen LogP contribution in [-0.2, 0) is 0 Å². The van der Waals surface area contributed by atoms with Gasteiger partial charge in [0.2, 0.25) is 6.79 Å². The van der Waals surface area contributed by atoms with Gasteiger partial charge >= 0.3 is 0 Å². The molecule has 0 radical (unpaired) electrons. The standard InChI is InChI=1S/C16H11N3O3S/c20-15(11-3-1-2-6-17-11)19-16-18-12(8-23-16)10-4-5-13-14(7-10)22-9-21-13/h1-8H,9H2,(H,18,19,20). The van der Waals surface area contributed by atoms with E-state index in [1.54, 1.807) is 24.4 Å². The number of carbonyl (C=O) groups excluding carboxylic acids is 1. The van der Waals surface area contributed by atoms with Gasteiger partial charge < -0.3 is 9.47 Å². The molecule has 1 aliphatic rings. The van der Waals surface area contributed by atoms with Gasteiger partial charge in [-0.3, -0.25) is 15.1 Å². The molecular weight excluding hydrogens is 314 g/mol. The first-order valence-corrected chi connectivity index (χ1v) is 7.75. The van der Waals surface area contributed by atoms with Crippen LogP contribution in [0, 0.1) is 0 Å². The highest BCUT2D eigenvalue weighted by Gasteiger charge is 2.16. The number of hydrogen-bond donors (Lipinski definition) is 1. The molecule has 1 amide bonds. The summed E-state index contributed by atoms with van der Waals surface area (Å²) >= 11 is 1.36. The van der Waals surface area contributed by atoms with Crippen LogP contribution in [0.3, 0.4) is 0 Å². The van der Waals surface area contributed by atoms with Crippen LogP contribution in [-0.4, -0.2) is 22.7 Å². The Labute approximate surface area is 135 Å². The number of amides is 1. The molecule has 1 aliphatic heterocycles. The first kappa shape index (κ1) is 13.7. The lowest BCUT2D eigenvalue weighted by molar-refractivity contribution is 0.102. The number of fused-ring (bicyclic) bond motifs is 1. The number of nitrogens with zero attached hydrogens (tertiary/aromatic N) is 2. The highest BCUT2D eigenvalue weighted by molar-refractivity contribution is 7.14. The number of benzene rings is 1. The molecular formula is C16H11N3O3S. The maximum absolute atomic E-state index is 12.1. The van der Waals surface area contributed by atoms with Crippen LogP contribution in [0.5, 0.6) is 11.5 Å². The second kappa shape index (κ2) is 5.69. The van der Waals surface area contributed by atoms with E-state index >= 15 is 0 Å². The molecule has 4 rings (SSSR count). The van der Waals surface area contributed by atoms with Crippen LogP contribution in [0.4, 0.5) is 5.13 Å². The maximum Gasteiger partial charge on any atom is 0.276 e. The Morgan fingerprint density at radius 1 is 1.17 bits per heavy atom. The smallest absolute Gasteiger partial charge is 0.276 e. The lowest BCUT2D eigenvalue weighted by Gasteiger charge is -2.01. The molecule has 7 heteroatoms. The summed E-state index contributed by atoms with van der Waals surface area (Å²) in [6.07, 6.45) is 1.58. The van der Waals surface area contributed by atoms with E-state index in [1.807, 2.05) is 23.6 Å². The van der Waals surface area contributed by atoms with Crippen LogP contribution in [0.15, 0.2) is 48.0 Å².